The van der Waals surface area contributed by atoms with Gasteiger partial charge >= 0.3 is 0 Å². The van der Waals surface area contributed by atoms with Gasteiger partial charge in [0.25, 0.3) is 0 Å². The zero-order valence-electron chi connectivity index (χ0n) is 13.8. The van der Waals surface area contributed by atoms with Crippen molar-refractivity contribution < 1.29 is 8.82 Å². The largest absolute Gasteiger partial charge is 0.416 e. The van der Waals surface area contributed by atoms with Crippen LogP contribution in [0.15, 0.2) is 18.2 Å². The molecule has 1 aromatic heterocycles. The maximum absolute atomic E-state index is 13.2. The summed E-state index contributed by atoms with van der Waals surface area (Å²) in [6.07, 6.45) is 1.09. The van der Waals surface area contributed by atoms with Crippen LogP contribution in [-0.2, 0) is 4.43 Å². The van der Waals surface area contributed by atoms with Crippen LogP contribution in [0.1, 0.15) is 27.2 Å². The molecule has 1 aliphatic rings. The van der Waals surface area contributed by atoms with Gasteiger partial charge in [-0.25, -0.2) is 4.98 Å². The molecule has 0 amide bonds. The topological polar surface area (TPSA) is 25.4 Å². The van der Waals surface area contributed by atoms with E-state index in [1.807, 2.05) is 6.07 Å². The molecule has 0 aromatic carbocycles. The zero-order chi connectivity index (χ0) is 15.7. The van der Waals surface area contributed by atoms with Crippen molar-refractivity contribution in [3.63, 3.8) is 0 Å². The molecule has 3 nitrogen and oxygen atoms in total. The van der Waals surface area contributed by atoms with Gasteiger partial charge in [-0.15, -0.1) is 0 Å². The lowest BCUT2D eigenvalue weighted by molar-refractivity contribution is 0.238. The van der Waals surface area contributed by atoms with Gasteiger partial charge < -0.3 is 9.33 Å². The molecular weight excluding hydrogens is 283 g/mol. The average Bonchev–Trinajstić information content (AvgIpc) is 2.84. The molecule has 2 rings (SSSR count). The Morgan fingerprint density at radius 1 is 1.38 bits per heavy atom. The van der Waals surface area contributed by atoms with E-state index in [-0.39, 0.29) is 5.04 Å². The van der Waals surface area contributed by atoms with Gasteiger partial charge in [-0.3, -0.25) is 0 Å². The molecule has 1 saturated heterocycles. The second-order valence-electron chi connectivity index (χ2n) is 7.49. The Morgan fingerprint density at radius 2 is 2.10 bits per heavy atom. The standard InChI is InChI=1S/C16H27FN2OSi/c1-16(2,3)21(4,5)20-12-13-9-10-19(11-13)15-8-6-7-14(17)18-15/h6-8,13H,9-12H2,1-5H3/t13-/m1/s1. The third-order valence-electron chi connectivity index (χ3n) is 4.80. The van der Waals surface area contributed by atoms with Crippen molar-refractivity contribution in [1.82, 2.24) is 4.98 Å². The lowest BCUT2D eigenvalue weighted by Crippen LogP contribution is -2.42. The molecule has 0 aliphatic carbocycles. The number of rotatable bonds is 4. The van der Waals surface area contributed by atoms with Crippen molar-refractivity contribution in [3.8, 4) is 0 Å². The Morgan fingerprint density at radius 3 is 2.71 bits per heavy atom. The number of hydrogen-bond acceptors (Lipinski definition) is 3. The Hall–Kier alpha value is -0.943. The van der Waals surface area contributed by atoms with E-state index in [0.717, 1.165) is 31.9 Å². The Balaban J connectivity index is 1.89. The minimum Gasteiger partial charge on any atom is -0.416 e. The molecule has 2 heterocycles. The highest BCUT2D eigenvalue weighted by atomic mass is 28.4. The maximum atomic E-state index is 13.2. The third-order valence-corrected chi connectivity index (χ3v) is 9.30. The fourth-order valence-corrected chi connectivity index (χ4v) is 3.38. The summed E-state index contributed by atoms with van der Waals surface area (Å²) in [6, 6.07) is 4.98. The van der Waals surface area contributed by atoms with E-state index in [9.17, 15) is 4.39 Å². The van der Waals surface area contributed by atoms with Crippen LogP contribution in [0.4, 0.5) is 10.2 Å². The highest BCUT2D eigenvalue weighted by Crippen LogP contribution is 2.37. The molecule has 1 fully saturated rings. The van der Waals surface area contributed by atoms with Gasteiger partial charge in [-0.05, 0) is 36.7 Å². The minimum absolute atomic E-state index is 0.245. The first-order valence-corrected chi connectivity index (χ1v) is 10.6. The summed E-state index contributed by atoms with van der Waals surface area (Å²) < 4.78 is 19.5. The summed E-state index contributed by atoms with van der Waals surface area (Å²) in [6.45, 7) is 14.0. The number of hydrogen-bond donors (Lipinski definition) is 0. The number of halogens is 1. The van der Waals surface area contributed by atoms with Crippen LogP contribution >= 0.6 is 0 Å². The Bertz CT molecular complexity index is 487. The summed E-state index contributed by atoms with van der Waals surface area (Å²) in [5.41, 5.74) is 0. The first kappa shape index (κ1) is 16.4. The van der Waals surface area contributed by atoms with E-state index in [4.69, 9.17) is 4.43 Å². The van der Waals surface area contributed by atoms with E-state index in [2.05, 4.69) is 43.7 Å². The normalized spacial score (nSPS) is 20.1. The highest BCUT2D eigenvalue weighted by molar-refractivity contribution is 6.74. The van der Waals surface area contributed by atoms with Crippen LogP contribution in [0.3, 0.4) is 0 Å². The van der Waals surface area contributed by atoms with E-state index in [1.165, 1.54) is 6.07 Å². The van der Waals surface area contributed by atoms with Gasteiger partial charge in [-0.2, -0.15) is 4.39 Å². The Kier molecular flexibility index (Phi) is 4.73. The summed E-state index contributed by atoms with van der Waals surface area (Å²) in [5.74, 6) is 0.850. The predicted octanol–water partition coefficient (Wildman–Crippen LogP) is 4.07. The summed E-state index contributed by atoms with van der Waals surface area (Å²) in [5, 5.41) is 0.245. The van der Waals surface area contributed by atoms with Crippen molar-refractivity contribution in [3.05, 3.63) is 24.1 Å². The SMILES string of the molecule is CC(C)(C)[Si](C)(C)OC[C@@H]1CCN(c2cccc(F)n2)C1. The van der Waals surface area contributed by atoms with Crippen molar-refractivity contribution in [2.75, 3.05) is 24.6 Å². The highest BCUT2D eigenvalue weighted by Gasteiger charge is 2.38. The molecule has 1 atom stereocenters. The van der Waals surface area contributed by atoms with Crippen LogP contribution in [0.2, 0.25) is 18.1 Å². The van der Waals surface area contributed by atoms with Crippen molar-refractivity contribution >= 4 is 14.1 Å². The molecule has 118 valence electrons. The van der Waals surface area contributed by atoms with Gasteiger partial charge in [0.05, 0.1) is 0 Å². The summed E-state index contributed by atoms with van der Waals surface area (Å²) in [4.78, 5) is 6.12. The second kappa shape index (κ2) is 6.05. The molecule has 1 aromatic rings. The van der Waals surface area contributed by atoms with Gasteiger partial charge in [0.2, 0.25) is 5.95 Å². The van der Waals surface area contributed by atoms with E-state index < -0.39 is 14.3 Å². The molecule has 0 saturated carbocycles. The van der Waals surface area contributed by atoms with Crippen LogP contribution in [0, 0.1) is 11.9 Å². The summed E-state index contributed by atoms with van der Waals surface area (Å²) >= 11 is 0. The molecule has 21 heavy (non-hydrogen) atoms. The molecule has 0 N–H and O–H groups in total. The number of nitrogens with zero attached hydrogens (tertiary/aromatic N) is 2. The van der Waals surface area contributed by atoms with E-state index in [0.29, 0.717) is 5.92 Å². The number of pyridine rings is 1. The van der Waals surface area contributed by atoms with Crippen LogP contribution < -0.4 is 4.90 Å². The molecule has 1 aliphatic heterocycles. The molecular formula is C16H27FN2OSi. The lowest BCUT2D eigenvalue weighted by Gasteiger charge is -2.37. The molecule has 0 radical (unpaired) electrons. The van der Waals surface area contributed by atoms with Crippen molar-refractivity contribution in [2.45, 2.75) is 45.3 Å². The predicted molar refractivity (Wildman–Crippen MR) is 87.7 cm³/mol. The van der Waals surface area contributed by atoms with Gasteiger partial charge in [0.1, 0.15) is 5.82 Å². The van der Waals surface area contributed by atoms with Gasteiger partial charge in [-0.1, -0.05) is 26.8 Å². The van der Waals surface area contributed by atoms with E-state index in [1.54, 1.807) is 6.07 Å². The maximum Gasteiger partial charge on any atom is 0.214 e. The van der Waals surface area contributed by atoms with Crippen LogP contribution in [0.5, 0.6) is 0 Å². The molecule has 5 heteroatoms. The third kappa shape index (κ3) is 4.04. The fourth-order valence-electron chi connectivity index (χ4n) is 2.29. The number of aromatic nitrogens is 1. The van der Waals surface area contributed by atoms with Gasteiger partial charge in [0, 0.05) is 25.6 Å². The van der Waals surface area contributed by atoms with Crippen molar-refractivity contribution in [1.29, 1.82) is 0 Å². The fraction of sp³-hybridized carbons (Fsp3) is 0.688. The summed E-state index contributed by atoms with van der Waals surface area (Å²) in [7, 11) is -1.68. The van der Waals surface area contributed by atoms with Crippen molar-refractivity contribution in [2.24, 2.45) is 5.92 Å². The minimum atomic E-state index is -1.68. The quantitative estimate of drug-likeness (QED) is 0.619. The molecule has 0 unspecified atom stereocenters. The number of anilines is 1. The molecule has 0 bridgehead atoms. The first-order valence-electron chi connectivity index (χ1n) is 7.70. The van der Waals surface area contributed by atoms with Gasteiger partial charge in [0.15, 0.2) is 8.32 Å². The van der Waals surface area contributed by atoms with Crippen LogP contribution in [-0.4, -0.2) is 33.0 Å². The lowest BCUT2D eigenvalue weighted by atomic mass is 10.1. The van der Waals surface area contributed by atoms with E-state index >= 15 is 0 Å². The molecule has 0 spiro atoms. The zero-order valence-corrected chi connectivity index (χ0v) is 14.8. The second-order valence-corrected chi connectivity index (χ2v) is 12.3. The smallest absolute Gasteiger partial charge is 0.214 e. The van der Waals surface area contributed by atoms with Crippen LogP contribution in [0.25, 0.3) is 0 Å². The monoisotopic (exact) mass is 310 g/mol. The first-order chi connectivity index (χ1) is 9.69. The average molecular weight is 310 g/mol. The Labute approximate surface area is 128 Å².